The molecule has 21 heavy (non-hydrogen) atoms. The maximum atomic E-state index is 10.2. The topological polar surface area (TPSA) is 17.1 Å². The smallest absolute Gasteiger partial charge is 0.132 e. The summed E-state index contributed by atoms with van der Waals surface area (Å²) in [6, 6.07) is 18.3. The Morgan fingerprint density at radius 1 is 0.810 bits per heavy atom. The summed E-state index contributed by atoms with van der Waals surface area (Å²) in [4.78, 5) is 10.2. The number of hydrogen-bond donors (Lipinski definition) is 0. The molecule has 108 valence electrons. The van der Waals surface area contributed by atoms with E-state index in [-0.39, 0.29) is 0 Å². The van der Waals surface area contributed by atoms with Gasteiger partial charge in [0.25, 0.3) is 0 Å². The van der Waals surface area contributed by atoms with Crippen LogP contribution in [-0.4, -0.2) is 5.78 Å². The van der Waals surface area contributed by atoms with Gasteiger partial charge in [-0.05, 0) is 31.2 Å². The molecule has 1 nitrogen and oxygen atoms in total. The lowest BCUT2D eigenvalue weighted by atomic mass is 10.1. The minimum Gasteiger partial charge on any atom is -0.300 e. The van der Waals surface area contributed by atoms with Crippen molar-refractivity contribution < 1.29 is 4.79 Å². The van der Waals surface area contributed by atoms with Gasteiger partial charge in [0.15, 0.2) is 0 Å². The van der Waals surface area contributed by atoms with Crippen LogP contribution in [0.2, 0.25) is 0 Å². The van der Waals surface area contributed by atoms with E-state index in [0.717, 1.165) is 11.1 Å². The van der Waals surface area contributed by atoms with Crippen LogP contribution in [0.5, 0.6) is 0 Å². The monoisotopic (exact) mass is 278 g/mol. The molecule has 0 heterocycles. The molecule has 0 fully saturated rings. The van der Waals surface area contributed by atoms with E-state index in [9.17, 15) is 4.79 Å². The predicted octanol–water partition coefficient (Wildman–Crippen LogP) is 4.77. The number of benzene rings is 2. The molecule has 0 saturated carbocycles. The van der Waals surface area contributed by atoms with Crippen LogP contribution >= 0.6 is 0 Å². The van der Waals surface area contributed by atoms with Crippen molar-refractivity contribution in [3.63, 3.8) is 0 Å². The Bertz CT molecular complexity index is 592. The van der Waals surface area contributed by atoms with Crippen molar-refractivity contribution in [2.75, 3.05) is 0 Å². The first-order valence-corrected chi connectivity index (χ1v) is 7.31. The molecule has 0 saturated heterocycles. The molecule has 0 atom stereocenters. The zero-order valence-electron chi connectivity index (χ0n) is 13.0. The largest absolute Gasteiger partial charge is 0.300 e. The zero-order valence-corrected chi connectivity index (χ0v) is 13.0. The number of ketones is 1. The molecule has 2 aromatic carbocycles. The van der Waals surface area contributed by atoms with Crippen molar-refractivity contribution in [2.24, 2.45) is 0 Å². The lowest BCUT2D eigenvalue weighted by molar-refractivity contribution is -0.118. The molecule has 0 spiro atoms. The summed E-state index contributed by atoms with van der Waals surface area (Å²) < 4.78 is 0. The summed E-state index contributed by atoms with van der Waals surface area (Å²) >= 11 is 0. The van der Waals surface area contributed by atoms with E-state index >= 15 is 0 Å². The van der Waals surface area contributed by atoms with Crippen molar-refractivity contribution in [1.82, 2.24) is 0 Å². The molecule has 0 radical (unpaired) electrons. The molecule has 0 unspecified atom stereocenters. The lowest BCUT2D eigenvalue weighted by Crippen LogP contribution is -1.88. The molecule has 0 aliphatic carbocycles. The molecule has 0 bridgehead atoms. The Hall–Kier alpha value is -2.33. The standard InChI is InChI=1S/C15H12.C5H10O/c1-13-7-9-15(10-8-13)12-11-14-5-3-2-4-6-14;1-3-5(6)4-2/h2-10H,1H3;3-4H2,1-2H3. The molecule has 0 amide bonds. The molecule has 0 aliphatic heterocycles. The molecule has 2 rings (SSSR count). The molecule has 0 N–H and O–H groups in total. The third-order valence-electron chi connectivity index (χ3n) is 2.97. The zero-order chi connectivity index (χ0) is 15.5. The molecular weight excluding hydrogens is 256 g/mol. The highest BCUT2D eigenvalue weighted by Gasteiger charge is 1.87. The number of hydrogen-bond acceptors (Lipinski definition) is 1. The van der Waals surface area contributed by atoms with E-state index < -0.39 is 0 Å². The lowest BCUT2D eigenvalue weighted by Gasteiger charge is -1.91. The summed E-state index contributed by atoms with van der Waals surface area (Å²) in [5.41, 5.74) is 3.38. The first kappa shape index (κ1) is 16.7. The van der Waals surface area contributed by atoms with Crippen LogP contribution in [0.15, 0.2) is 54.6 Å². The van der Waals surface area contributed by atoms with Crippen molar-refractivity contribution in [3.05, 3.63) is 71.3 Å². The van der Waals surface area contributed by atoms with Gasteiger partial charge in [-0.25, -0.2) is 0 Å². The predicted molar refractivity (Wildman–Crippen MR) is 89.2 cm³/mol. The van der Waals surface area contributed by atoms with Crippen molar-refractivity contribution in [1.29, 1.82) is 0 Å². The maximum Gasteiger partial charge on any atom is 0.132 e. The first-order valence-electron chi connectivity index (χ1n) is 7.31. The summed E-state index contributed by atoms with van der Waals surface area (Å²) in [5, 5.41) is 0. The average molecular weight is 278 g/mol. The van der Waals surface area contributed by atoms with Crippen LogP contribution in [0.1, 0.15) is 43.4 Å². The molecule has 0 aliphatic rings. The van der Waals surface area contributed by atoms with E-state index in [0.29, 0.717) is 18.6 Å². The summed E-state index contributed by atoms with van der Waals surface area (Å²) in [5.74, 6) is 6.61. The Morgan fingerprint density at radius 3 is 1.71 bits per heavy atom. The second kappa shape index (κ2) is 9.55. The van der Waals surface area contributed by atoms with Crippen LogP contribution in [0.25, 0.3) is 0 Å². The number of aryl methyl sites for hydroxylation is 1. The fourth-order valence-corrected chi connectivity index (χ4v) is 1.55. The number of carbonyl (C=O) groups excluding carboxylic acids is 1. The highest BCUT2D eigenvalue weighted by atomic mass is 16.1. The molecule has 0 aromatic heterocycles. The fourth-order valence-electron chi connectivity index (χ4n) is 1.55. The van der Waals surface area contributed by atoms with Gasteiger partial charge in [-0.3, -0.25) is 4.79 Å². The molecule has 2 aromatic rings. The Labute approximate surface area is 128 Å². The fraction of sp³-hybridized carbons (Fsp3) is 0.250. The van der Waals surface area contributed by atoms with Crippen molar-refractivity contribution in [3.8, 4) is 11.8 Å². The van der Waals surface area contributed by atoms with E-state index in [4.69, 9.17) is 0 Å². The van der Waals surface area contributed by atoms with E-state index in [2.05, 4.69) is 30.9 Å². The van der Waals surface area contributed by atoms with Crippen LogP contribution < -0.4 is 0 Å². The summed E-state index contributed by atoms with van der Waals surface area (Å²) in [6.45, 7) is 5.84. The number of Topliss-reactive ketones (excluding diaryl/α,β-unsaturated/α-hetero) is 1. The van der Waals surface area contributed by atoms with Gasteiger partial charge in [-0.2, -0.15) is 0 Å². The van der Waals surface area contributed by atoms with E-state index in [1.807, 2.05) is 56.3 Å². The summed E-state index contributed by atoms with van der Waals surface area (Å²) in [6.07, 6.45) is 1.38. The normalized spacial score (nSPS) is 8.90. The minimum absolute atomic E-state index is 0.343. The van der Waals surface area contributed by atoms with Gasteiger partial charge >= 0.3 is 0 Å². The van der Waals surface area contributed by atoms with Crippen LogP contribution in [0.3, 0.4) is 0 Å². The Morgan fingerprint density at radius 2 is 1.29 bits per heavy atom. The van der Waals surface area contributed by atoms with Gasteiger partial charge < -0.3 is 0 Å². The second-order valence-electron chi connectivity index (χ2n) is 4.73. The van der Waals surface area contributed by atoms with E-state index in [1.54, 1.807) is 0 Å². The Balaban J connectivity index is 0.000000315. The maximum absolute atomic E-state index is 10.2. The SMILES string of the molecule is CCC(=O)CC.Cc1ccc(C#Cc2ccccc2)cc1. The molecular formula is C20H22O. The minimum atomic E-state index is 0.343. The van der Waals surface area contributed by atoms with Gasteiger partial charge in [0.2, 0.25) is 0 Å². The van der Waals surface area contributed by atoms with Gasteiger partial charge in [0, 0.05) is 24.0 Å². The van der Waals surface area contributed by atoms with Crippen LogP contribution in [-0.2, 0) is 4.79 Å². The quantitative estimate of drug-likeness (QED) is 0.723. The first-order chi connectivity index (χ1) is 10.2. The molecule has 1 heteroatoms. The van der Waals surface area contributed by atoms with Gasteiger partial charge in [0.05, 0.1) is 0 Å². The Kier molecular flexibility index (Phi) is 7.61. The highest BCUT2D eigenvalue weighted by molar-refractivity contribution is 5.77. The number of carbonyl (C=O) groups is 1. The third-order valence-corrected chi connectivity index (χ3v) is 2.97. The average Bonchev–Trinajstić information content (AvgIpc) is 2.55. The highest BCUT2D eigenvalue weighted by Crippen LogP contribution is 2.02. The van der Waals surface area contributed by atoms with Gasteiger partial charge in [-0.1, -0.05) is 61.6 Å². The number of rotatable bonds is 2. The van der Waals surface area contributed by atoms with Gasteiger partial charge in [-0.15, -0.1) is 0 Å². The van der Waals surface area contributed by atoms with Crippen molar-refractivity contribution >= 4 is 5.78 Å². The second-order valence-corrected chi connectivity index (χ2v) is 4.73. The summed E-state index contributed by atoms with van der Waals surface area (Å²) in [7, 11) is 0. The van der Waals surface area contributed by atoms with E-state index in [1.165, 1.54) is 5.56 Å². The van der Waals surface area contributed by atoms with Gasteiger partial charge in [0.1, 0.15) is 5.78 Å². The third kappa shape index (κ3) is 7.13. The van der Waals surface area contributed by atoms with Crippen molar-refractivity contribution in [2.45, 2.75) is 33.6 Å². The van der Waals surface area contributed by atoms with Crippen LogP contribution in [0, 0.1) is 18.8 Å². The van der Waals surface area contributed by atoms with Crippen LogP contribution in [0.4, 0.5) is 0 Å².